The minimum Gasteiger partial charge on any atom is -0.382 e. The number of nitrogens with two attached hydrogens (primary N) is 1. The van der Waals surface area contributed by atoms with Crippen molar-refractivity contribution in [1.29, 1.82) is 0 Å². The molecule has 1 fully saturated rings. The zero-order valence-corrected chi connectivity index (χ0v) is 11.5. The second kappa shape index (κ2) is 5.39. The summed E-state index contributed by atoms with van der Waals surface area (Å²) in [6.07, 6.45) is 2.00. The van der Waals surface area contributed by atoms with Gasteiger partial charge >= 0.3 is 6.18 Å². The standard InChI is InChI=1S/C13H13F3N6/c14-13(15,16)10-2-1-3-22(10)12-19-4-8(5-20-12)9-6-18-7-11(17)21-9/h4-7,10H,1-3H2,(H2,17,21). The highest BCUT2D eigenvalue weighted by Crippen LogP contribution is 2.34. The number of nitrogens with zero attached hydrogens (tertiary/aromatic N) is 5. The maximum atomic E-state index is 13.0. The highest BCUT2D eigenvalue weighted by molar-refractivity contribution is 5.58. The van der Waals surface area contributed by atoms with Crippen LogP contribution in [0.4, 0.5) is 24.9 Å². The molecule has 9 heteroatoms. The molecular weight excluding hydrogens is 297 g/mol. The first-order valence-electron chi connectivity index (χ1n) is 6.68. The number of alkyl halides is 3. The van der Waals surface area contributed by atoms with Gasteiger partial charge in [0.2, 0.25) is 5.95 Å². The largest absolute Gasteiger partial charge is 0.408 e. The summed E-state index contributed by atoms with van der Waals surface area (Å²) in [5.74, 6) is 0.318. The lowest BCUT2D eigenvalue weighted by Crippen LogP contribution is -2.42. The van der Waals surface area contributed by atoms with Crippen molar-refractivity contribution in [2.75, 3.05) is 17.2 Å². The first-order chi connectivity index (χ1) is 10.4. The summed E-state index contributed by atoms with van der Waals surface area (Å²) >= 11 is 0. The molecule has 0 saturated carbocycles. The molecule has 22 heavy (non-hydrogen) atoms. The lowest BCUT2D eigenvalue weighted by atomic mass is 10.2. The van der Waals surface area contributed by atoms with E-state index in [9.17, 15) is 13.2 Å². The van der Waals surface area contributed by atoms with E-state index in [1.165, 1.54) is 29.7 Å². The third kappa shape index (κ3) is 2.78. The Morgan fingerprint density at radius 3 is 2.50 bits per heavy atom. The number of aromatic nitrogens is 4. The molecule has 2 N–H and O–H groups in total. The number of nitrogen functional groups attached to an aromatic ring is 1. The quantitative estimate of drug-likeness (QED) is 0.914. The molecule has 6 nitrogen and oxygen atoms in total. The first-order valence-corrected chi connectivity index (χ1v) is 6.68. The molecule has 1 aliphatic heterocycles. The lowest BCUT2D eigenvalue weighted by Gasteiger charge is -2.26. The fourth-order valence-corrected chi connectivity index (χ4v) is 2.47. The van der Waals surface area contributed by atoms with Gasteiger partial charge in [0.15, 0.2) is 0 Å². The second-order valence-corrected chi connectivity index (χ2v) is 4.99. The molecule has 3 heterocycles. The van der Waals surface area contributed by atoms with E-state index in [1.54, 1.807) is 0 Å². The Hall–Kier alpha value is -2.45. The minimum atomic E-state index is -4.28. The van der Waals surface area contributed by atoms with E-state index in [-0.39, 0.29) is 18.2 Å². The Bertz CT molecular complexity index is 658. The maximum absolute atomic E-state index is 13.0. The van der Waals surface area contributed by atoms with Crippen molar-refractivity contribution in [3.8, 4) is 11.3 Å². The van der Waals surface area contributed by atoms with Gasteiger partial charge in [-0.1, -0.05) is 0 Å². The molecular formula is C13H13F3N6. The molecule has 2 aromatic heterocycles. The molecule has 1 saturated heterocycles. The van der Waals surface area contributed by atoms with Crippen LogP contribution < -0.4 is 10.6 Å². The van der Waals surface area contributed by atoms with E-state index in [2.05, 4.69) is 19.9 Å². The van der Waals surface area contributed by atoms with Crippen LogP contribution in [0, 0.1) is 0 Å². The number of anilines is 2. The average molecular weight is 310 g/mol. The zero-order chi connectivity index (χ0) is 15.7. The Morgan fingerprint density at radius 1 is 1.14 bits per heavy atom. The zero-order valence-electron chi connectivity index (χ0n) is 11.5. The highest BCUT2D eigenvalue weighted by atomic mass is 19.4. The van der Waals surface area contributed by atoms with E-state index in [1.807, 2.05) is 0 Å². The summed E-state index contributed by atoms with van der Waals surface area (Å²) in [4.78, 5) is 17.2. The summed E-state index contributed by atoms with van der Waals surface area (Å²) < 4.78 is 38.9. The number of rotatable bonds is 2. The monoisotopic (exact) mass is 310 g/mol. The highest BCUT2D eigenvalue weighted by Gasteiger charge is 2.46. The molecule has 2 aromatic rings. The summed E-state index contributed by atoms with van der Waals surface area (Å²) in [6, 6.07) is -1.52. The molecule has 116 valence electrons. The van der Waals surface area contributed by atoms with E-state index in [0.29, 0.717) is 24.2 Å². The van der Waals surface area contributed by atoms with Gasteiger partial charge < -0.3 is 10.6 Å². The van der Waals surface area contributed by atoms with Crippen LogP contribution in [0.25, 0.3) is 11.3 Å². The predicted octanol–water partition coefficient (Wildman–Crippen LogP) is 2.05. The van der Waals surface area contributed by atoms with Gasteiger partial charge in [-0.05, 0) is 12.8 Å². The molecule has 0 aromatic carbocycles. The van der Waals surface area contributed by atoms with Gasteiger partial charge in [0.1, 0.15) is 11.9 Å². The van der Waals surface area contributed by atoms with Gasteiger partial charge in [-0.25, -0.2) is 15.0 Å². The minimum absolute atomic E-state index is 0.0648. The number of halogens is 3. The van der Waals surface area contributed by atoms with E-state index in [0.717, 1.165) is 0 Å². The Morgan fingerprint density at radius 2 is 1.86 bits per heavy atom. The van der Waals surface area contributed by atoms with Crippen molar-refractivity contribution in [1.82, 2.24) is 19.9 Å². The van der Waals surface area contributed by atoms with Crippen LogP contribution in [-0.2, 0) is 0 Å². The second-order valence-electron chi connectivity index (χ2n) is 4.99. The van der Waals surface area contributed by atoms with Crippen molar-refractivity contribution < 1.29 is 13.2 Å². The maximum Gasteiger partial charge on any atom is 0.408 e. The number of hydrogen-bond donors (Lipinski definition) is 1. The van der Waals surface area contributed by atoms with Gasteiger partial charge in [-0.2, -0.15) is 13.2 Å². The average Bonchev–Trinajstić information content (AvgIpc) is 2.97. The van der Waals surface area contributed by atoms with Gasteiger partial charge in [0.25, 0.3) is 0 Å². The van der Waals surface area contributed by atoms with Crippen molar-refractivity contribution in [2.24, 2.45) is 0 Å². The molecule has 1 unspecified atom stereocenters. The fraction of sp³-hybridized carbons (Fsp3) is 0.385. The smallest absolute Gasteiger partial charge is 0.382 e. The third-order valence-corrected chi connectivity index (χ3v) is 3.47. The van der Waals surface area contributed by atoms with Crippen LogP contribution in [-0.4, -0.2) is 38.7 Å². The predicted molar refractivity (Wildman–Crippen MR) is 73.9 cm³/mol. The lowest BCUT2D eigenvalue weighted by molar-refractivity contribution is -0.146. The summed E-state index contributed by atoms with van der Waals surface area (Å²) in [6.45, 7) is 0.293. The van der Waals surface area contributed by atoms with E-state index >= 15 is 0 Å². The van der Waals surface area contributed by atoms with Crippen LogP contribution in [0.15, 0.2) is 24.8 Å². The molecule has 0 amide bonds. The Balaban J connectivity index is 1.85. The van der Waals surface area contributed by atoms with Crippen LogP contribution in [0.2, 0.25) is 0 Å². The van der Waals surface area contributed by atoms with Gasteiger partial charge in [-0.3, -0.25) is 4.98 Å². The van der Waals surface area contributed by atoms with Gasteiger partial charge in [-0.15, -0.1) is 0 Å². The molecule has 3 rings (SSSR count). The molecule has 0 bridgehead atoms. The van der Waals surface area contributed by atoms with Crippen molar-refractivity contribution in [3.63, 3.8) is 0 Å². The van der Waals surface area contributed by atoms with Gasteiger partial charge in [0, 0.05) is 24.5 Å². The van der Waals surface area contributed by atoms with Crippen LogP contribution in [0.3, 0.4) is 0 Å². The molecule has 0 radical (unpaired) electrons. The SMILES string of the molecule is Nc1cncc(-c2cnc(N3CCCC3C(F)(F)F)nc2)n1. The van der Waals surface area contributed by atoms with E-state index in [4.69, 9.17) is 5.73 Å². The van der Waals surface area contributed by atoms with Crippen molar-refractivity contribution in [2.45, 2.75) is 25.1 Å². The molecule has 0 spiro atoms. The molecule has 1 atom stereocenters. The summed E-state index contributed by atoms with van der Waals surface area (Å²) in [5, 5.41) is 0. The molecule has 1 aliphatic rings. The van der Waals surface area contributed by atoms with Crippen LogP contribution in [0.5, 0.6) is 0 Å². The summed E-state index contributed by atoms with van der Waals surface area (Å²) in [7, 11) is 0. The molecule has 0 aliphatic carbocycles. The van der Waals surface area contributed by atoms with Gasteiger partial charge in [0.05, 0.1) is 18.1 Å². The van der Waals surface area contributed by atoms with Crippen molar-refractivity contribution in [3.05, 3.63) is 24.8 Å². The van der Waals surface area contributed by atoms with Crippen molar-refractivity contribution >= 4 is 11.8 Å². The topological polar surface area (TPSA) is 80.8 Å². The third-order valence-electron chi connectivity index (χ3n) is 3.47. The normalized spacial score (nSPS) is 18.7. The van der Waals surface area contributed by atoms with E-state index < -0.39 is 12.2 Å². The van der Waals surface area contributed by atoms with Crippen LogP contribution >= 0.6 is 0 Å². The van der Waals surface area contributed by atoms with Crippen LogP contribution in [0.1, 0.15) is 12.8 Å². The Labute approximate surface area is 124 Å². The summed E-state index contributed by atoms with van der Waals surface area (Å²) in [5.41, 5.74) is 6.56. The number of hydrogen-bond acceptors (Lipinski definition) is 6. The first kappa shape index (κ1) is 14.5. The fourth-order valence-electron chi connectivity index (χ4n) is 2.47. The Kier molecular flexibility index (Phi) is 3.55.